The molecule has 1 aromatic heterocycles. The van der Waals surface area contributed by atoms with Crippen molar-refractivity contribution in [2.45, 2.75) is 20.3 Å². The van der Waals surface area contributed by atoms with E-state index in [4.69, 9.17) is 0 Å². The summed E-state index contributed by atoms with van der Waals surface area (Å²) in [5.74, 6) is -0.880. The van der Waals surface area contributed by atoms with E-state index in [0.717, 1.165) is 6.42 Å². The van der Waals surface area contributed by atoms with Crippen molar-refractivity contribution in [3.63, 3.8) is 0 Å². The molecular weight excluding hydrogens is 280 g/mol. The number of thiophene rings is 1. The average Bonchev–Trinajstić information content (AvgIpc) is 2.84. The Labute approximate surface area is 121 Å². The molecule has 0 bridgehead atoms. The number of methoxy groups -OCH3 is 1. The molecule has 0 saturated carbocycles. The number of carbonyl (C=O) groups is 3. The van der Waals surface area contributed by atoms with Gasteiger partial charge < -0.3 is 15.0 Å². The smallest absolute Gasteiger partial charge is 0.325 e. The Balaban J connectivity index is 2.80. The predicted octanol–water partition coefficient (Wildman–Crippen LogP) is 1.73. The topological polar surface area (TPSA) is 75.7 Å². The highest BCUT2D eigenvalue weighted by atomic mass is 32.1. The minimum Gasteiger partial charge on any atom is -0.468 e. The first-order valence-corrected chi connectivity index (χ1v) is 7.03. The molecule has 1 aromatic rings. The van der Waals surface area contributed by atoms with Gasteiger partial charge in [0.15, 0.2) is 0 Å². The van der Waals surface area contributed by atoms with Crippen molar-refractivity contribution in [3.8, 4) is 0 Å². The minimum absolute atomic E-state index is 0.0729. The number of rotatable bonds is 6. The standard InChI is InChI=1S/C13H18N2O4S/c1-4-7-15(8-12(17)19-3)13(18)10-5-6-11(20-10)14-9(2)16/h5-6H,4,7-8H2,1-3H3,(H,14,16). The van der Waals surface area contributed by atoms with Gasteiger partial charge in [-0.25, -0.2) is 0 Å². The largest absolute Gasteiger partial charge is 0.468 e. The fourth-order valence-electron chi connectivity index (χ4n) is 1.59. The highest BCUT2D eigenvalue weighted by Gasteiger charge is 2.20. The summed E-state index contributed by atoms with van der Waals surface area (Å²) in [6, 6.07) is 3.31. The van der Waals surface area contributed by atoms with Gasteiger partial charge in [-0.3, -0.25) is 14.4 Å². The molecule has 0 radical (unpaired) electrons. The number of amides is 2. The molecule has 110 valence electrons. The lowest BCUT2D eigenvalue weighted by atomic mass is 10.3. The third-order valence-corrected chi connectivity index (χ3v) is 3.43. The lowest BCUT2D eigenvalue weighted by Crippen LogP contribution is -2.36. The summed E-state index contributed by atoms with van der Waals surface area (Å²) in [6.07, 6.45) is 0.743. The third-order valence-electron chi connectivity index (χ3n) is 2.44. The highest BCUT2D eigenvalue weighted by Crippen LogP contribution is 2.23. The molecule has 0 saturated heterocycles. The molecule has 0 aromatic carbocycles. The number of esters is 1. The summed E-state index contributed by atoms with van der Waals surface area (Å²) >= 11 is 1.18. The van der Waals surface area contributed by atoms with E-state index in [1.165, 1.54) is 30.3 Å². The van der Waals surface area contributed by atoms with Gasteiger partial charge in [-0.2, -0.15) is 0 Å². The van der Waals surface area contributed by atoms with Gasteiger partial charge in [-0.15, -0.1) is 11.3 Å². The summed E-state index contributed by atoms with van der Waals surface area (Å²) < 4.78 is 4.58. The Morgan fingerprint density at radius 2 is 2.05 bits per heavy atom. The van der Waals surface area contributed by atoms with E-state index in [1.54, 1.807) is 12.1 Å². The van der Waals surface area contributed by atoms with Crippen molar-refractivity contribution >= 4 is 34.1 Å². The first kappa shape index (κ1) is 16.2. The van der Waals surface area contributed by atoms with Crippen LogP contribution in [0.3, 0.4) is 0 Å². The van der Waals surface area contributed by atoms with Crippen molar-refractivity contribution in [2.24, 2.45) is 0 Å². The van der Waals surface area contributed by atoms with E-state index in [2.05, 4.69) is 10.1 Å². The van der Waals surface area contributed by atoms with Crippen molar-refractivity contribution in [3.05, 3.63) is 17.0 Å². The molecule has 0 spiro atoms. The summed E-state index contributed by atoms with van der Waals surface area (Å²) in [5.41, 5.74) is 0. The van der Waals surface area contributed by atoms with E-state index >= 15 is 0 Å². The van der Waals surface area contributed by atoms with Gasteiger partial charge in [0.25, 0.3) is 5.91 Å². The molecule has 7 heteroatoms. The monoisotopic (exact) mass is 298 g/mol. The normalized spacial score (nSPS) is 9.95. The Hall–Kier alpha value is -1.89. The van der Waals surface area contributed by atoms with Crippen LogP contribution >= 0.6 is 11.3 Å². The van der Waals surface area contributed by atoms with E-state index in [1.807, 2.05) is 6.92 Å². The van der Waals surface area contributed by atoms with E-state index in [9.17, 15) is 14.4 Å². The fraction of sp³-hybridized carbons (Fsp3) is 0.462. The van der Waals surface area contributed by atoms with Crippen LogP contribution in [0.1, 0.15) is 29.9 Å². The average molecular weight is 298 g/mol. The molecule has 0 aliphatic rings. The molecule has 2 amide bonds. The number of nitrogens with zero attached hydrogens (tertiary/aromatic N) is 1. The molecule has 1 heterocycles. The summed E-state index contributed by atoms with van der Waals surface area (Å²) in [7, 11) is 1.29. The SMILES string of the molecule is CCCN(CC(=O)OC)C(=O)c1ccc(NC(C)=O)s1. The predicted molar refractivity (Wildman–Crippen MR) is 76.8 cm³/mol. The number of ether oxygens (including phenoxy) is 1. The molecule has 0 fully saturated rings. The van der Waals surface area contributed by atoms with Crippen LogP contribution in [0.25, 0.3) is 0 Å². The second kappa shape index (κ2) is 7.64. The first-order chi connectivity index (χ1) is 9.47. The van der Waals surface area contributed by atoms with Gasteiger partial charge in [0.05, 0.1) is 17.0 Å². The molecule has 0 unspecified atom stereocenters. The Kier molecular flexibility index (Phi) is 6.17. The van der Waals surface area contributed by atoms with Gasteiger partial charge in [0.2, 0.25) is 5.91 Å². The third kappa shape index (κ3) is 4.65. The van der Waals surface area contributed by atoms with Gasteiger partial charge in [-0.1, -0.05) is 6.92 Å². The molecule has 0 aliphatic carbocycles. The number of hydrogen-bond acceptors (Lipinski definition) is 5. The molecule has 1 rings (SSSR count). The van der Waals surface area contributed by atoms with E-state index < -0.39 is 5.97 Å². The molecular formula is C13H18N2O4S. The molecule has 0 aliphatic heterocycles. The molecule has 20 heavy (non-hydrogen) atoms. The minimum atomic E-state index is -0.453. The van der Waals surface area contributed by atoms with Crippen LogP contribution in [0.15, 0.2) is 12.1 Å². The number of carbonyl (C=O) groups excluding carboxylic acids is 3. The molecule has 0 atom stereocenters. The maximum atomic E-state index is 12.3. The Morgan fingerprint density at radius 3 is 2.60 bits per heavy atom. The van der Waals surface area contributed by atoms with Gasteiger partial charge >= 0.3 is 5.97 Å². The molecule has 6 nitrogen and oxygen atoms in total. The van der Waals surface area contributed by atoms with Crippen molar-refractivity contribution in [1.82, 2.24) is 4.90 Å². The highest BCUT2D eigenvalue weighted by molar-refractivity contribution is 7.18. The Morgan fingerprint density at radius 1 is 1.35 bits per heavy atom. The van der Waals surface area contributed by atoms with Crippen LogP contribution in [0.5, 0.6) is 0 Å². The van der Waals surface area contributed by atoms with Crippen LogP contribution < -0.4 is 5.32 Å². The first-order valence-electron chi connectivity index (χ1n) is 6.21. The number of anilines is 1. The maximum Gasteiger partial charge on any atom is 0.325 e. The zero-order valence-electron chi connectivity index (χ0n) is 11.8. The summed E-state index contributed by atoms with van der Waals surface area (Å²) in [5, 5.41) is 3.23. The van der Waals surface area contributed by atoms with E-state index in [0.29, 0.717) is 16.4 Å². The lowest BCUT2D eigenvalue weighted by Gasteiger charge is -2.19. The Bertz CT molecular complexity index is 498. The quantitative estimate of drug-likeness (QED) is 0.812. The number of hydrogen-bond donors (Lipinski definition) is 1. The van der Waals surface area contributed by atoms with Crippen LogP contribution in [0.2, 0.25) is 0 Å². The van der Waals surface area contributed by atoms with Crippen molar-refractivity contribution in [2.75, 3.05) is 25.5 Å². The van der Waals surface area contributed by atoms with Crippen LogP contribution in [-0.2, 0) is 14.3 Å². The van der Waals surface area contributed by atoms with Crippen LogP contribution in [-0.4, -0.2) is 42.9 Å². The second-order valence-corrected chi connectivity index (χ2v) is 5.23. The lowest BCUT2D eigenvalue weighted by molar-refractivity contribution is -0.141. The zero-order valence-corrected chi connectivity index (χ0v) is 12.6. The second-order valence-electron chi connectivity index (χ2n) is 4.15. The summed E-state index contributed by atoms with van der Waals surface area (Å²) in [4.78, 5) is 36.5. The molecule has 1 N–H and O–H groups in total. The van der Waals surface area contributed by atoms with E-state index in [-0.39, 0.29) is 18.4 Å². The van der Waals surface area contributed by atoms with Gasteiger partial charge in [0, 0.05) is 13.5 Å². The van der Waals surface area contributed by atoms with Crippen LogP contribution in [0, 0.1) is 0 Å². The number of nitrogens with one attached hydrogen (secondary N) is 1. The van der Waals surface area contributed by atoms with Crippen molar-refractivity contribution in [1.29, 1.82) is 0 Å². The maximum absolute atomic E-state index is 12.3. The van der Waals surface area contributed by atoms with Gasteiger partial charge in [-0.05, 0) is 18.6 Å². The van der Waals surface area contributed by atoms with Crippen LogP contribution in [0.4, 0.5) is 5.00 Å². The summed E-state index contributed by atoms with van der Waals surface area (Å²) in [6.45, 7) is 3.73. The fourth-order valence-corrected chi connectivity index (χ4v) is 2.51. The zero-order chi connectivity index (χ0) is 15.1. The van der Waals surface area contributed by atoms with Crippen molar-refractivity contribution < 1.29 is 19.1 Å². The van der Waals surface area contributed by atoms with Gasteiger partial charge in [0.1, 0.15) is 6.54 Å².